The van der Waals surface area contributed by atoms with E-state index >= 15 is 0 Å². The Kier molecular flexibility index (Phi) is 4.45. The van der Waals surface area contributed by atoms with Gasteiger partial charge in [0.25, 0.3) is 0 Å². The van der Waals surface area contributed by atoms with Gasteiger partial charge in [-0.15, -0.1) is 0 Å². The lowest BCUT2D eigenvalue weighted by Crippen LogP contribution is -2.31. The van der Waals surface area contributed by atoms with Crippen LogP contribution >= 0.6 is 0 Å². The Morgan fingerprint density at radius 3 is 2.32 bits per heavy atom. The second-order valence-electron chi connectivity index (χ2n) is 6.61. The second kappa shape index (κ2) is 7.08. The maximum Gasteiger partial charge on any atom is 0.248 e. The summed E-state index contributed by atoms with van der Waals surface area (Å²) in [5.74, 6) is -0.695. The Bertz CT molecular complexity index is 1180. The third-order valence-electron chi connectivity index (χ3n) is 4.59. The molecule has 0 fully saturated rings. The Labute approximate surface area is 161 Å². The first kappa shape index (κ1) is 17.6. The fraction of sp³-hybridized carbons (Fsp3) is 0.0909. The van der Waals surface area contributed by atoms with Gasteiger partial charge in [0.15, 0.2) is 0 Å². The molecule has 0 aliphatic heterocycles. The number of anilines is 2. The van der Waals surface area contributed by atoms with Crippen LogP contribution in [-0.4, -0.2) is 17.9 Å². The first-order valence-corrected chi connectivity index (χ1v) is 8.90. The lowest BCUT2D eigenvalue weighted by molar-refractivity contribution is -0.116. The summed E-state index contributed by atoms with van der Waals surface area (Å²) in [5.41, 5.74) is 8.68. The van der Waals surface area contributed by atoms with Crippen LogP contribution in [0.5, 0.6) is 0 Å². The quantitative estimate of drug-likeness (QED) is 0.490. The fourth-order valence-electron chi connectivity index (χ4n) is 3.10. The molecular formula is C22H19N3O3. The molecule has 4 aromatic rings. The molecule has 0 aliphatic carbocycles. The molecule has 0 unspecified atom stereocenters. The van der Waals surface area contributed by atoms with Gasteiger partial charge in [-0.1, -0.05) is 18.2 Å². The number of furan rings is 1. The minimum absolute atomic E-state index is 0.191. The highest BCUT2D eigenvalue weighted by atomic mass is 16.3. The molecular weight excluding hydrogens is 354 g/mol. The Morgan fingerprint density at radius 2 is 1.57 bits per heavy atom. The molecule has 3 aromatic carbocycles. The van der Waals surface area contributed by atoms with Crippen molar-refractivity contribution in [3.8, 4) is 0 Å². The van der Waals surface area contributed by atoms with E-state index in [1.54, 1.807) is 31.2 Å². The molecule has 4 rings (SSSR count). The van der Waals surface area contributed by atoms with Crippen molar-refractivity contribution < 1.29 is 14.0 Å². The third-order valence-corrected chi connectivity index (χ3v) is 4.59. The zero-order valence-electron chi connectivity index (χ0n) is 15.2. The van der Waals surface area contributed by atoms with Crippen molar-refractivity contribution in [1.82, 2.24) is 0 Å². The number of rotatable bonds is 5. The average molecular weight is 373 g/mol. The van der Waals surface area contributed by atoms with Crippen molar-refractivity contribution in [3.63, 3.8) is 0 Å². The van der Waals surface area contributed by atoms with Gasteiger partial charge in [0.05, 0.1) is 0 Å². The third kappa shape index (κ3) is 3.40. The number of carbonyl (C=O) groups is 2. The Morgan fingerprint density at radius 1 is 0.893 bits per heavy atom. The summed E-state index contributed by atoms with van der Waals surface area (Å²) in [6.45, 7) is 1.78. The summed E-state index contributed by atoms with van der Waals surface area (Å²) >= 11 is 0. The van der Waals surface area contributed by atoms with Crippen LogP contribution in [0.2, 0.25) is 0 Å². The van der Waals surface area contributed by atoms with Gasteiger partial charge in [-0.25, -0.2) is 0 Å². The molecule has 140 valence electrons. The standard InChI is InChI=1S/C22H19N3O3/c1-13(22(27)25-15-8-6-14(7-9-15)21(23)26)24-16-10-11-20-18(12-16)17-4-2-3-5-19(17)28-20/h2-13,24H,1H3,(H2,23,26)(H,25,27)/t13-/m1/s1. The molecule has 0 saturated carbocycles. The molecule has 0 spiro atoms. The summed E-state index contributed by atoms with van der Waals surface area (Å²) in [5, 5.41) is 8.06. The minimum Gasteiger partial charge on any atom is -0.456 e. The largest absolute Gasteiger partial charge is 0.456 e. The molecule has 4 N–H and O–H groups in total. The number of primary amides is 1. The van der Waals surface area contributed by atoms with Crippen molar-refractivity contribution >= 4 is 45.1 Å². The monoisotopic (exact) mass is 373 g/mol. The average Bonchev–Trinajstić information content (AvgIpc) is 3.06. The van der Waals surface area contributed by atoms with Crippen molar-refractivity contribution in [2.45, 2.75) is 13.0 Å². The van der Waals surface area contributed by atoms with Crippen LogP contribution in [0.1, 0.15) is 17.3 Å². The van der Waals surface area contributed by atoms with Crippen molar-refractivity contribution in [2.75, 3.05) is 10.6 Å². The number of nitrogens with two attached hydrogens (primary N) is 1. The highest BCUT2D eigenvalue weighted by Gasteiger charge is 2.14. The number of carbonyl (C=O) groups excluding carboxylic acids is 2. The van der Waals surface area contributed by atoms with Gasteiger partial charge < -0.3 is 20.8 Å². The predicted molar refractivity (Wildman–Crippen MR) is 110 cm³/mol. The summed E-state index contributed by atoms with van der Waals surface area (Å²) in [4.78, 5) is 23.6. The van der Waals surface area contributed by atoms with E-state index in [1.807, 2.05) is 42.5 Å². The van der Waals surface area contributed by atoms with Gasteiger partial charge in [-0.2, -0.15) is 0 Å². The lowest BCUT2D eigenvalue weighted by atomic mass is 10.1. The van der Waals surface area contributed by atoms with Gasteiger partial charge >= 0.3 is 0 Å². The van der Waals surface area contributed by atoms with E-state index < -0.39 is 11.9 Å². The van der Waals surface area contributed by atoms with Crippen LogP contribution in [-0.2, 0) is 4.79 Å². The van der Waals surface area contributed by atoms with E-state index in [-0.39, 0.29) is 5.91 Å². The summed E-state index contributed by atoms with van der Waals surface area (Å²) in [6.07, 6.45) is 0. The van der Waals surface area contributed by atoms with E-state index in [9.17, 15) is 9.59 Å². The first-order chi connectivity index (χ1) is 13.5. The number of hydrogen-bond acceptors (Lipinski definition) is 4. The van der Waals surface area contributed by atoms with Gasteiger partial charge in [-0.05, 0) is 55.5 Å². The molecule has 2 amide bonds. The topological polar surface area (TPSA) is 97.4 Å². The van der Waals surface area contributed by atoms with Crippen LogP contribution in [0.4, 0.5) is 11.4 Å². The fourth-order valence-corrected chi connectivity index (χ4v) is 3.10. The molecule has 1 aromatic heterocycles. The van der Waals surface area contributed by atoms with Gasteiger partial charge in [0.2, 0.25) is 11.8 Å². The number of nitrogens with one attached hydrogen (secondary N) is 2. The Balaban J connectivity index is 1.49. The van der Waals surface area contributed by atoms with Crippen molar-refractivity contribution in [2.24, 2.45) is 5.73 Å². The number of fused-ring (bicyclic) bond motifs is 3. The van der Waals surface area contributed by atoms with Crippen LogP contribution in [0.15, 0.2) is 71.1 Å². The number of benzene rings is 3. The molecule has 1 heterocycles. The van der Waals surface area contributed by atoms with E-state index in [0.29, 0.717) is 11.3 Å². The lowest BCUT2D eigenvalue weighted by Gasteiger charge is -2.15. The van der Waals surface area contributed by atoms with Crippen molar-refractivity contribution in [1.29, 1.82) is 0 Å². The smallest absolute Gasteiger partial charge is 0.248 e. The van der Waals surface area contributed by atoms with Crippen molar-refractivity contribution in [3.05, 3.63) is 72.3 Å². The zero-order valence-corrected chi connectivity index (χ0v) is 15.2. The predicted octanol–water partition coefficient (Wildman–Crippen LogP) is 4.12. The van der Waals surface area contributed by atoms with E-state index in [2.05, 4.69) is 10.6 Å². The number of amides is 2. The van der Waals surface area contributed by atoms with E-state index in [4.69, 9.17) is 10.2 Å². The Hall–Kier alpha value is -3.80. The number of hydrogen-bond donors (Lipinski definition) is 3. The second-order valence-corrected chi connectivity index (χ2v) is 6.61. The van der Waals surface area contributed by atoms with Crippen LogP contribution in [0.3, 0.4) is 0 Å². The highest BCUT2D eigenvalue weighted by molar-refractivity contribution is 6.06. The minimum atomic E-state index is -0.505. The molecule has 1 atom stereocenters. The zero-order chi connectivity index (χ0) is 19.7. The molecule has 6 nitrogen and oxygen atoms in total. The normalized spacial score (nSPS) is 12.0. The van der Waals surface area contributed by atoms with Crippen LogP contribution in [0.25, 0.3) is 21.9 Å². The number of para-hydroxylation sites is 1. The summed E-state index contributed by atoms with van der Waals surface area (Å²) in [7, 11) is 0. The highest BCUT2D eigenvalue weighted by Crippen LogP contribution is 2.30. The molecule has 0 aliphatic rings. The maximum atomic E-state index is 12.5. The molecule has 28 heavy (non-hydrogen) atoms. The van der Waals surface area contributed by atoms with Crippen LogP contribution < -0.4 is 16.4 Å². The van der Waals surface area contributed by atoms with Gasteiger partial charge in [0.1, 0.15) is 17.2 Å². The van der Waals surface area contributed by atoms with E-state index in [0.717, 1.165) is 27.6 Å². The molecule has 0 saturated heterocycles. The molecule has 6 heteroatoms. The van der Waals surface area contributed by atoms with Gasteiger partial charge in [-0.3, -0.25) is 9.59 Å². The maximum absolute atomic E-state index is 12.5. The molecule has 0 bridgehead atoms. The van der Waals surface area contributed by atoms with Crippen LogP contribution in [0, 0.1) is 0 Å². The summed E-state index contributed by atoms with van der Waals surface area (Å²) in [6, 6.07) is 19.6. The van der Waals surface area contributed by atoms with E-state index in [1.165, 1.54) is 0 Å². The molecule has 0 radical (unpaired) electrons. The first-order valence-electron chi connectivity index (χ1n) is 8.90. The SMILES string of the molecule is C[C@@H](Nc1ccc2oc3ccccc3c2c1)C(=O)Nc1ccc(C(N)=O)cc1. The summed E-state index contributed by atoms with van der Waals surface area (Å²) < 4.78 is 5.83. The van der Waals surface area contributed by atoms with Gasteiger partial charge in [0, 0.05) is 27.7 Å².